The van der Waals surface area contributed by atoms with Gasteiger partial charge in [0.05, 0.1) is 5.69 Å². The zero-order chi connectivity index (χ0) is 19.0. The number of fused-ring (bicyclic) bond motifs is 2. The van der Waals surface area contributed by atoms with Crippen LogP contribution in [0.2, 0.25) is 0 Å². The number of benzene rings is 1. The molecule has 0 fully saturated rings. The lowest BCUT2D eigenvalue weighted by Gasteiger charge is -2.24. The summed E-state index contributed by atoms with van der Waals surface area (Å²) in [6.07, 6.45) is 5.23. The predicted molar refractivity (Wildman–Crippen MR) is 104 cm³/mol. The van der Waals surface area contributed by atoms with Gasteiger partial charge in [-0.2, -0.15) is 0 Å². The fourth-order valence-corrected chi connectivity index (χ4v) is 4.12. The fourth-order valence-electron chi connectivity index (χ4n) is 4.12. The van der Waals surface area contributed by atoms with E-state index in [0.29, 0.717) is 18.1 Å². The summed E-state index contributed by atoms with van der Waals surface area (Å²) in [5.41, 5.74) is 3.36. The zero-order valence-corrected chi connectivity index (χ0v) is 15.6. The second-order valence-electron chi connectivity index (χ2n) is 7.20. The number of aromatic nitrogens is 2. The Labute approximate surface area is 158 Å². The molecule has 6 nitrogen and oxygen atoms in total. The largest absolute Gasteiger partial charge is 0.347 e. The van der Waals surface area contributed by atoms with Crippen molar-refractivity contribution in [2.24, 2.45) is 0 Å². The Hall–Kier alpha value is -2.89. The summed E-state index contributed by atoms with van der Waals surface area (Å²) in [5.74, 6) is 0.00449. The first-order valence-corrected chi connectivity index (χ1v) is 9.51. The summed E-state index contributed by atoms with van der Waals surface area (Å²) in [7, 11) is 0. The topological polar surface area (TPSA) is 67.2 Å². The van der Waals surface area contributed by atoms with Crippen molar-refractivity contribution in [3.05, 3.63) is 59.7 Å². The van der Waals surface area contributed by atoms with E-state index < -0.39 is 0 Å². The van der Waals surface area contributed by atoms with Gasteiger partial charge in [0.15, 0.2) is 0 Å². The summed E-state index contributed by atoms with van der Waals surface area (Å²) in [6, 6.07) is 8.07. The molecule has 4 rings (SSSR count). The minimum atomic E-state index is -0.241. The van der Waals surface area contributed by atoms with Crippen LogP contribution in [0.3, 0.4) is 0 Å². The molecule has 2 aromatic rings. The number of carbonyl (C=O) groups is 2. The lowest BCUT2D eigenvalue weighted by molar-refractivity contribution is 0.0952. The zero-order valence-electron chi connectivity index (χ0n) is 15.6. The van der Waals surface area contributed by atoms with Gasteiger partial charge in [0, 0.05) is 24.8 Å². The van der Waals surface area contributed by atoms with Crippen LogP contribution in [-0.4, -0.2) is 34.0 Å². The van der Waals surface area contributed by atoms with Crippen molar-refractivity contribution in [3.63, 3.8) is 0 Å². The fraction of sp³-hybridized carbons (Fsp3) is 0.381. The molecule has 0 saturated heterocycles. The average Bonchev–Trinajstić information content (AvgIpc) is 3.23. The minimum Gasteiger partial charge on any atom is -0.347 e. The molecule has 27 heavy (non-hydrogen) atoms. The maximum Gasteiger partial charge on any atom is 0.294 e. The van der Waals surface area contributed by atoms with Crippen LogP contribution < -0.4 is 10.2 Å². The van der Waals surface area contributed by atoms with Gasteiger partial charge in [0.1, 0.15) is 5.69 Å². The Morgan fingerprint density at radius 3 is 2.96 bits per heavy atom. The third kappa shape index (κ3) is 2.95. The standard InChI is InChI=1S/C21H24N4O2/c1-3-11-22-20(26)18-17-10-6-7-12-24(17)19(23-18)21(27)25-14(2)13-15-8-4-5-9-16(15)25/h3-5,8-9,14H,1,6-7,10-13H2,2H3,(H,22,26). The van der Waals surface area contributed by atoms with Gasteiger partial charge in [-0.3, -0.25) is 9.59 Å². The number of carbonyl (C=O) groups excluding carboxylic acids is 2. The molecular formula is C21H24N4O2. The number of rotatable bonds is 4. The molecule has 1 unspecified atom stereocenters. The van der Waals surface area contributed by atoms with E-state index in [1.54, 1.807) is 6.08 Å². The van der Waals surface area contributed by atoms with E-state index >= 15 is 0 Å². The van der Waals surface area contributed by atoms with E-state index in [1.165, 1.54) is 5.56 Å². The van der Waals surface area contributed by atoms with E-state index in [1.807, 2.05) is 27.7 Å². The molecule has 3 heterocycles. The first-order valence-electron chi connectivity index (χ1n) is 9.51. The van der Waals surface area contributed by atoms with Crippen LogP contribution in [0.5, 0.6) is 0 Å². The predicted octanol–water partition coefficient (Wildman–Crippen LogP) is 2.73. The first-order chi connectivity index (χ1) is 13.1. The summed E-state index contributed by atoms with van der Waals surface area (Å²) in [6.45, 7) is 6.78. The molecule has 2 aliphatic rings. The maximum absolute atomic E-state index is 13.4. The molecule has 1 aromatic carbocycles. The van der Waals surface area contributed by atoms with Crippen molar-refractivity contribution in [2.75, 3.05) is 11.4 Å². The second-order valence-corrected chi connectivity index (χ2v) is 7.20. The molecule has 1 aromatic heterocycles. The van der Waals surface area contributed by atoms with Crippen molar-refractivity contribution in [1.29, 1.82) is 0 Å². The lowest BCUT2D eigenvalue weighted by Crippen LogP contribution is -2.37. The highest BCUT2D eigenvalue weighted by molar-refractivity contribution is 6.07. The molecule has 1 N–H and O–H groups in total. The Morgan fingerprint density at radius 2 is 2.15 bits per heavy atom. The van der Waals surface area contributed by atoms with E-state index in [4.69, 9.17) is 0 Å². The Bertz CT molecular complexity index is 915. The van der Waals surface area contributed by atoms with Crippen LogP contribution in [-0.2, 0) is 19.4 Å². The van der Waals surface area contributed by atoms with Crippen molar-refractivity contribution < 1.29 is 9.59 Å². The van der Waals surface area contributed by atoms with Crippen LogP contribution in [0, 0.1) is 0 Å². The lowest BCUT2D eigenvalue weighted by atomic mass is 10.1. The molecular weight excluding hydrogens is 340 g/mol. The van der Waals surface area contributed by atoms with E-state index in [0.717, 1.165) is 43.6 Å². The summed E-state index contributed by atoms with van der Waals surface area (Å²) >= 11 is 0. The Morgan fingerprint density at radius 1 is 1.33 bits per heavy atom. The number of anilines is 1. The number of amides is 2. The number of imidazole rings is 1. The van der Waals surface area contributed by atoms with Gasteiger partial charge in [0.25, 0.3) is 11.8 Å². The number of nitrogens with zero attached hydrogens (tertiary/aromatic N) is 3. The quantitative estimate of drug-likeness (QED) is 0.849. The number of hydrogen-bond acceptors (Lipinski definition) is 3. The summed E-state index contributed by atoms with van der Waals surface area (Å²) in [4.78, 5) is 32.3. The average molecular weight is 364 g/mol. The van der Waals surface area contributed by atoms with E-state index in [9.17, 15) is 9.59 Å². The highest BCUT2D eigenvalue weighted by atomic mass is 16.2. The van der Waals surface area contributed by atoms with Gasteiger partial charge in [-0.25, -0.2) is 4.98 Å². The van der Waals surface area contributed by atoms with Gasteiger partial charge >= 0.3 is 0 Å². The third-order valence-electron chi connectivity index (χ3n) is 5.36. The van der Waals surface area contributed by atoms with Crippen molar-refractivity contribution in [2.45, 2.75) is 45.2 Å². The highest BCUT2D eigenvalue weighted by Gasteiger charge is 2.35. The van der Waals surface area contributed by atoms with Gasteiger partial charge in [0.2, 0.25) is 5.82 Å². The van der Waals surface area contributed by atoms with Crippen molar-refractivity contribution in [3.8, 4) is 0 Å². The molecule has 0 bridgehead atoms. The van der Waals surface area contributed by atoms with Crippen LogP contribution in [0.1, 0.15) is 52.1 Å². The van der Waals surface area contributed by atoms with Gasteiger partial charge in [-0.05, 0) is 44.2 Å². The number of para-hydroxylation sites is 1. The van der Waals surface area contributed by atoms with Gasteiger partial charge in [-0.1, -0.05) is 24.3 Å². The van der Waals surface area contributed by atoms with E-state index in [2.05, 4.69) is 29.9 Å². The van der Waals surface area contributed by atoms with Crippen LogP contribution in [0.4, 0.5) is 5.69 Å². The normalized spacial score (nSPS) is 18.0. The number of hydrogen-bond donors (Lipinski definition) is 1. The van der Waals surface area contributed by atoms with Crippen LogP contribution in [0.25, 0.3) is 0 Å². The highest BCUT2D eigenvalue weighted by Crippen LogP contribution is 2.33. The Balaban J connectivity index is 1.73. The molecule has 0 saturated carbocycles. The third-order valence-corrected chi connectivity index (χ3v) is 5.36. The summed E-state index contributed by atoms with van der Waals surface area (Å²) in [5, 5.41) is 2.79. The van der Waals surface area contributed by atoms with Crippen molar-refractivity contribution >= 4 is 17.5 Å². The molecule has 0 radical (unpaired) electrons. The van der Waals surface area contributed by atoms with E-state index in [-0.39, 0.29) is 17.9 Å². The van der Waals surface area contributed by atoms with Gasteiger partial charge in [-0.15, -0.1) is 6.58 Å². The SMILES string of the molecule is C=CCNC(=O)c1nc(C(=O)N2c3ccccc3CC2C)n2c1CCCC2. The minimum absolute atomic E-state index is 0.0736. The van der Waals surface area contributed by atoms with Gasteiger partial charge < -0.3 is 14.8 Å². The molecule has 0 aliphatic carbocycles. The number of nitrogens with one attached hydrogen (secondary N) is 1. The monoisotopic (exact) mass is 364 g/mol. The molecule has 2 amide bonds. The van der Waals surface area contributed by atoms with Crippen LogP contribution >= 0.6 is 0 Å². The molecule has 2 aliphatic heterocycles. The maximum atomic E-state index is 13.4. The second kappa shape index (κ2) is 7.02. The first kappa shape index (κ1) is 17.5. The molecule has 6 heteroatoms. The Kier molecular flexibility index (Phi) is 4.56. The smallest absolute Gasteiger partial charge is 0.294 e. The molecule has 1 atom stereocenters. The summed E-state index contributed by atoms with van der Waals surface area (Å²) < 4.78 is 1.95. The van der Waals surface area contributed by atoms with Crippen LogP contribution in [0.15, 0.2) is 36.9 Å². The molecule has 0 spiro atoms. The molecule has 140 valence electrons. The van der Waals surface area contributed by atoms with Crippen molar-refractivity contribution in [1.82, 2.24) is 14.9 Å².